The van der Waals surface area contributed by atoms with E-state index in [0.29, 0.717) is 18.0 Å². The zero-order valence-electron chi connectivity index (χ0n) is 23.7. The van der Waals surface area contributed by atoms with Crippen molar-refractivity contribution >= 4 is 27.5 Å². The van der Waals surface area contributed by atoms with E-state index in [9.17, 15) is 18.0 Å². The summed E-state index contributed by atoms with van der Waals surface area (Å²) in [4.78, 5) is 29.3. The number of anilines is 1. The highest BCUT2D eigenvalue weighted by molar-refractivity contribution is 7.92. The van der Waals surface area contributed by atoms with Gasteiger partial charge in [-0.1, -0.05) is 74.0 Å². The number of aryl methyl sites for hydroxylation is 1. The van der Waals surface area contributed by atoms with Crippen molar-refractivity contribution < 1.29 is 22.7 Å². The topological polar surface area (TPSA) is 96.0 Å². The largest absolute Gasteiger partial charge is 0.497 e. The summed E-state index contributed by atoms with van der Waals surface area (Å²) < 4.78 is 32.1. The molecule has 0 saturated carbocycles. The Hall–Kier alpha value is -3.85. The van der Waals surface area contributed by atoms with E-state index in [1.165, 1.54) is 12.0 Å². The standard InChI is InChI=1S/C31H39N3O5S/c1-5-6-19-32-31(36)29(20-25-14-8-7-9-15-25)33(22-26-16-11-10-13-24(26)2)30(35)23-34(40(4,37)38)27-17-12-18-28(21-27)39-3/h7-18,21,29H,5-6,19-20,22-23H2,1-4H3,(H,32,36)/t29-/m0/s1. The molecule has 0 aliphatic carbocycles. The van der Waals surface area contributed by atoms with Crippen molar-refractivity contribution in [1.29, 1.82) is 0 Å². The summed E-state index contributed by atoms with van der Waals surface area (Å²) in [6, 6.07) is 22.9. The number of carbonyl (C=O) groups excluding carboxylic acids is 2. The average molecular weight is 566 g/mol. The van der Waals surface area contributed by atoms with E-state index in [1.54, 1.807) is 24.3 Å². The van der Waals surface area contributed by atoms with E-state index in [4.69, 9.17) is 4.74 Å². The maximum atomic E-state index is 14.1. The van der Waals surface area contributed by atoms with Gasteiger partial charge in [-0.15, -0.1) is 0 Å². The number of methoxy groups -OCH3 is 1. The van der Waals surface area contributed by atoms with Crippen molar-refractivity contribution in [2.24, 2.45) is 0 Å². The molecule has 0 heterocycles. The molecule has 40 heavy (non-hydrogen) atoms. The summed E-state index contributed by atoms with van der Waals surface area (Å²) >= 11 is 0. The summed E-state index contributed by atoms with van der Waals surface area (Å²) in [5, 5.41) is 2.99. The van der Waals surface area contributed by atoms with Gasteiger partial charge in [0, 0.05) is 25.6 Å². The van der Waals surface area contributed by atoms with E-state index in [2.05, 4.69) is 5.32 Å². The van der Waals surface area contributed by atoms with Crippen LogP contribution >= 0.6 is 0 Å². The molecule has 0 spiro atoms. The number of nitrogens with zero attached hydrogens (tertiary/aromatic N) is 2. The lowest BCUT2D eigenvalue weighted by molar-refractivity contribution is -0.140. The van der Waals surface area contributed by atoms with Crippen molar-refractivity contribution in [2.45, 2.75) is 45.7 Å². The van der Waals surface area contributed by atoms with Crippen molar-refractivity contribution in [3.8, 4) is 5.75 Å². The van der Waals surface area contributed by atoms with Crippen LogP contribution in [0.15, 0.2) is 78.9 Å². The Morgan fingerprint density at radius 3 is 2.33 bits per heavy atom. The van der Waals surface area contributed by atoms with Crippen LogP contribution in [0.1, 0.15) is 36.5 Å². The fourth-order valence-corrected chi connectivity index (χ4v) is 5.25. The second-order valence-electron chi connectivity index (χ2n) is 9.77. The number of hydrogen-bond acceptors (Lipinski definition) is 5. The van der Waals surface area contributed by atoms with E-state index < -0.39 is 28.5 Å². The van der Waals surface area contributed by atoms with Crippen LogP contribution in [0.25, 0.3) is 0 Å². The van der Waals surface area contributed by atoms with Crippen LogP contribution in [0.2, 0.25) is 0 Å². The van der Waals surface area contributed by atoms with Crippen molar-refractivity contribution in [1.82, 2.24) is 10.2 Å². The molecule has 2 amide bonds. The molecule has 214 valence electrons. The summed E-state index contributed by atoms with van der Waals surface area (Å²) in [5.41, 5.74) is 3.05. The van der Waals surface area contributed by atoms with E-state index in [0.717, 1.165) is 40.1 Å². The SMILES string of the molecule is CCCCNC(=O)[C@H](Cc1ccccc1)N(Cc1ccccc1C)C(=O)CN(c1cccc(OC)c1)S(C)(=O)=O. The molecule has 0 aromatic heterocycles. The molecule has 0 bridgehead atoms. The number of carbonyl (C=O) groups is 2. The number of benzene rings is 3. The maximum absolute atomic E-state index is 14.1. The molecule has 3 aromatic carbocycles. The minimum atomic E-state index is -3.85. The monoisotopic (exact) mass is 565 g/mol. The van der Waals surface area contributed by atoms with E-state index in [1.807, 2.05) is 68.4 Å². The molecule has 8 nitrogen and oxygen atoms in total. The Labute approximate surface area is 238 Å². The molecule has 1 N–H and O–H groups in total. The minimum absolute atomic E-state index is 0.153. The molecular weight excluding hydrogens is 526 g/mol. The van der Waals surface area contributed by atoms with Crippen molar-refractivity contribution in [2.75, 3.05) is 30.8 Å². The highest BCUT2D eigenvalue weighted by Crippen LogP contribution is 2.24. The molecule has 0 aliphatic rings. The molecule has 9 heteroatoms. The number of amides is 2. The van der Waals surface area contributed by atoms with Crippen LogP contribution < -0.4 is 14.4 Å². The second kappa shape index (κ2) is 14.5. The summed E-state index contributed by atoms with van der Waals surface area (Å²) in [6.45, 7) is 4.17. The zero-order valence-corrected chi connectivity index (χ0v) is 24.5. The third-order valence-electron chi connectivity index (χ3n) is 6.72. The van der Waals surface area contributed by atoms with Gasteiger partial charge in [0.15, 0.2) is 0 Å². The zero-order chi connectivity index (χ0) is 29.1. The number of hydrogen-bond donors (Lipinski definition) is 1. The lowest BCUT2D eigenvalue weighted by Crippen LogP contribution is -2.53. The van der Waals surface area contributed by atoms with Crippen LogP contribution in [0.5, 0.6) is 5.75 Å². The van der Waals surface area contributed by atoms with Gasteiger partial charge in [-0.25, -0.2) is 8.42 Å². The van der Waals surface area contributed by atoms with Gasteiger partial charge in [0.25, 0.3) is 0 Å². The first-order valence-electron chi connectivity index (χ1n) is 13.4. The first-order valence-corrected chi connectivity index (χ1v) is 15.3. The molecule has 0 fully saturated rings. The Balaban J connectivity index is 2.05. The van der Waals surface area contributed by atoms with Gasteiger partial charge in [0.2, 0.25) is 21.8 Å². The van der Waals surface area contributed by atoms with Crippen LogP contribution in [0, 0.1) is 6.92 Å². The van der Waals surface area contributed by atoms with E-state index in [-0.39, 0.29) is 18.9 Å². The highest BCUT2D eigenvalue weighted by atomic mass is 32.2. The first kappa shape index (κ1) is 30.7. The highest BCUT2D eigenvalue weighted by Gasteiger charge is 2.33. The number of unbranched alkanes of at least 4 members (excludes halogenated alkanes) is 1. The fraction of sp³-hybridized carbons (Fsp3) is 0.355. The van der Waals surface area contributed by atoms with Crippen molar-refractivity contribution in [3.05, 3.63) is 95.6 Å². The van der Waals surface area contributed by atoms with E-state index >= 15 is 0 Å². The lowest BCUT2D eigenvalue weighted by Gasteiger charge is -2.34. The van der Waals surface area contributed by atoms with Gasteiger partial charge in [0.05, 0.1) is 19.1 Å². The fourth-order valence-electron chi connectivity index (χ4n) is 4.41. The quantitative estimate of drug-likeness (QED) is 0.294. The number of ether oxygens (including phenoxy) is 1. The van der Waals surface area contributed by atoms with Crippen LogP contribution in [0.4, 0.5) is 5.69 Å². The minimum Gasteiger partial charge on any atom is -0.497 e. The van der Waals surface area contributed by atoms with Gasteiger partial charge >= 0.3 is 0 Å². The maximum Gasteiger partial charge on any atom is 0.244 e. The predicted molar refractivity (Wildman–Crippen MR) is 159 cm³/mol. The molecule has 0 radical (unpaired) electrons. The van der Waals surface area contributed by atoms with Crippen LogP contribution in [-0.2, 0) is 32.6 Å². The first-order chi connectivity index (χ1) is 19.1. The summed E-state index contributed by atoms with van der Waals surface area (Å²) in [5.74, 6) is -0.290. The summed E-state index contributed by atoms with van der Waals surface area (Å²) in [7, 11) is -2.35. The van der Waals surface area contributed by atoms with Crippen molar-refractivity contribution in [3.63, 3.8) is 0 Å². The van der Waals surface area contributed by atoms with Gasteiger partial charge in [0.1, 0.15) is 18.3 Å². The average Bonchev–Trinajstić information content (AvgIpc) is 2.94. The Morgan fingerprint density at radius 2 is 1.68 bits per heavy atom. The predicted octanol–water partition coefficient (Wildman–Crippen LogP) is 4.33. The number of sulfonamides is 1. The van der Waals surface area contributed by atoms with Gasteiger partial charge in [-0.2, -0.15) is 0 Å². The molecule has 3 rings (SSSR count). The Morgan fingerprint density at radius 1 is 0.975 bits per heavy atom. The molecule has 0 saturated heterocycles. The van der Waals surface area contributed by atoms with Gasteiger partial charge in [-0.3, -0.25) is 13.9 Å². The smallest absolute Gasteiger partial charge is 0.244 e. The van der Waals surface area contributed by atoms with Crippen LogP contribution in [-0.4, -0.2) is 57.6 Å². The molecule has 0 aliphatic heterocycles. The number of rotatable bonds is 14. The number of nitrogens with one attached hydrogen (secondary N) is 1. The normalized spacial score (nSPS) is 11.9. The lowest BCUT2D eigenvalue weighted by atomic mass is 10.0. The summed E-state index contributed by atoms with van der Waals surface area (Å²) in [6.07, 6.45) is 3.07. The molecule has 1 atom stereocenters. The molecular formula is C31H39N3O5S. The van der Waals surface area contributed by atoms with Crippen LogP contribution in [0.3, 0.4) is 0 Å². The molecule has 3 aromatic rings. The molecule has 0 unspecified atom stereocenters. The second-order valence-corrected chi connectivity index (χ2v) is 11.7. The van der Waals surface area contributed by atoms with Gasteiger partial charge < -0.3 is 15.0 Å². The Kier molecular flexibility index (Phi) is 11.1. The Bertz CT molecular complexity index is 1380. The third-order valence-corrected chi connectivity index (χ3v) is 7.86. The third kappa shape index (κ3) is 8.58. The van der Waals surface area contributed by atoms with Gasteiger partial charge in [-0.05, 0) is 42.2 Å².